The van der Waals surface area contributed by atoms with Crippen molar-refractivity contribution in [2.75, 3.05) is 13.1 Å². The Labute approximate surface area is 175 Å². The van der Waals surface area contributed by atoms with E-state index in [0.717, 1.165) is 55.3 Å². The molecule has 0 saturated carbocycles. The molecular formula is C23H27N5O2. The van der Waals surface area contributed by atoms with Gasteiger partial charge in [0, 0.05) is 55.5 Å². The van der Waals surface area contributed by atoms with Gasteiger partial charge in [-0.15, -0.1) is 0 Å². The topological polar surface area (TPSA) is 77.1 Å². The highest BCUT2D eigenvalue weighted by atomic mass is 16.5. The second kappa shape index (κ2) is 7.80. The number of nitrogens with zero attached hydrogens (tertiary/aromatic N) is 5. The highest BCUT2D eigenvalue weighted by Crippen LogP contribution is 2.36. The van der Waals surface area contributed by atoms with Gasteiger partial charge in [0.2, 0.25) is 5.89 Å². The van der Waals surface area contributed by atoms with Crippen molar-refractivity contribution in [1.29, 1.82) is 0 Å². The third-order valence-electron chi connectivity index (χ3n) is 6.05. The Morgan fingerprint density at radius 3 is 2.90 bits per heavy atom. The number of hydrogen-bond donors (Lipinski definition) is 0. The highest BCUT2D eigenvalue weighted by molar-refractivity contribution is 5.59. The van der Waals surface area contributed by atoms with E-state index in [9.17, 15) is 4.79 Å². The number of likely N-dealkylation sites (tertiary alicyclic amines) is 1. The second-order valence-corrected chi connectivity index (χ2v) is 9.03. The first-order valence-electron chi connectivity index (χ1n) is 10.7. The Kier molecular flexibility index (Phi) is 4.98. The molecule has 156 valence electrons. The predicted molar refractivity (Wildman–Crippen MR) is 113 cm³/mol. The molecule has 2 atom stereocenters. The van der Waals surface area contributed by atoms with E-state index in [1.807, 2.05) is 22.8 Å². The van der Waals surface area contributed by atoms with E-state index < -0.39 is 0 Å². The summed E-state index contributed by atoms with van der Waals surface area (Å²) >= 11 is 0. The van der Waals surface area contributed by atoms with Crippen LogP contribution in [0.3, 0.4) is 0 Å². The standard InChI is InChI=1S/C23H27N5O2/c1-15(2)7-22-25-21(26-30-22)14-27-11-16-8-18(13-27)20-9-17(10-23(29)28(20)12-16)19-5-3-4-6-24-19/h3-6,9-10,15-16,18H,7-8,11-14H2,1-2H3/t16-,18+/m0/s1. The van der Waals surface area contributed by atoms with Crippen LogP contribution in [0.4, 0.5) is 0 Å². The average molecular weight is 406 g/mol. The fourth-order valence-corrected chi connectivity index (χ4v) is 4.86. The first-order valence-corrected chi connectivity index (χ1v) is 10.7. The maximum absolute atomic E-state index is 12.8. The molecule has 0 amide bonds. The van der Waals surface area contributed by atoms with Gasteiger partial charge in [0.1, 0.15) is 0 Å². The normalized spacial score (nSPS) is 21.0. The van der Waals surface area contributed by atoms with Crippen LogP contribution in [0, 0.1) is 11.8 Å². The van der Waals surface area contributed by atoms with Gasteiger partial charge in [-0.05, 0) is 36.5 Å². The first-order chi connectivity index (χ1) is 14.5. The first kappa shape index (κ1) is 19.2. The summed E-state index contributed by atoms with van der Waals surface area (Å²) in [5.74, 6) is 2.77. The summed E-state index contributed by atoms with van der Waals surface area (Å²) in [7, 11) is 0. The van der Waals surface area contributed by atoms with E-state index in [-0.39, 0.29) is 5.56 Å². The van der Waals surface area contributed by atoms with E-state index in [0.29, 0.717) is 30.2 Å². The van der Waals surface area contributed by atoms with Crippen molar-refractivity contribution < 1.29 is 4.52 Å². The van der Waals surface area contributed by atoms with Crippen molar-refractivity contribution in [3.63, 3.8) is 0 Å². The molecule has 5 rings (SSSR count). The lowest BCUT2D eigenvalue weighted by atomic mass is 9.82. The molecule has 2 aliphatic rings. The molecule has 7 heteroatoms. The second-order valence-electron chi connectivity index (χ2n) is 9.03. The highest BCUT2D eigenvalue weighted by Gasteiger charge is 2.35. The van der Waals surface area contributed by atoms with Gasteiger partial charge in [0.25, 0.3) is 5.56 Å². The summed E-state index contributed by atoms with van der Waals surface area (Å²) in [6, 6.07) is 9.68. The molecule has 3 aromatic heterocycles. The van der Waals surface area contributed by atoms with Gasteiger partial charge in [0.15, 0.2) is 5.82 Å². The van der Waals surface area contributed by atoms with Gasteiger partial charge in [-0.1, -0.05) is 25.1 Å². The Hall–Kier alpha value is -2.80. The SMILES string of the molecule is CC(C)Cc1nc(CN2C[C@@H]3C[C@H](C2)c2cc(-c4ccccn4)cc(=O)n2C3)no1. The molecule has 7 nitrogen and oxygen atoms in total. The molecule has 5 heterocycles. The van der Waals surface area contributed by atoms with E-state index in [1.54, 1.807) is 12.3 Å². The van der Waals surface area contributed by atoms with Crippen LogP contribution in [-0.2, 0) is 19.5 Å². The maximum atomic E-state index is 12.8. The summed E-state index contributed by atoms with van der Waals surface area (Å²) in [4.78, 5) is 24.2. The minimum atomic E-state index is 0.0767. The summed E-state index contributed by atoms with van der Waals surface area (Å²) in [6.07, 6.45) is 3.69. The largest absolute Gasteiger partial charge is 0.339 e. The number of aromatic nitrogens is 4. The van der Waals surface area contributed by atoms with Crippen molar-refractivity contribution >= 4 is 0 Å². The molecule has 0 spiro atoms. The van der Waals surface area contributed by atoms with Gasteiger partial charge < -0.3 is 9.09 Å². The van der Waals surface area contributed by atoms with Crippen molar-refractivity contribution in [1.82, 2.24) is 24.6 Å². The third kappa shape index (κ3) is 3.81. The molecule has 1 fully saturated rings. The van der Waals surface area contributed by atoms with E-state index in [2.05, 4.69) is 39.9 Å². The smallest absolute Gasteiger partial charge is 0.251 e. The molecule has 2 bridgehead atoms. The zero-order chi connectivity index (χ0) is 20.7. The number of rotatable bonds is 5. The molecule has 0 N–H and O–H groups in total. The summed E-state index contributed by atoms with van der Waals surface area (Å²) in [6.45, 7) is 7.62. The van der Waals surface area contributed by atoms with Crippen LogP contribution in [0.2, 0.25) is 0 Å². The predicted octanol–water partition coefficient (Wildman–Crippen LogP) is 3.11. The molecule has 0 unspecified atom stereocenters. The molecule has 30 heavy (non-hydrogen) atoms. The zero-order valence-electron chi connectivity index (χ0n) is 17.5. The average Bonchev–Trinajstić information content (AvgIpc) is 3.15. The lowest BCUT2D eigenvalue weighted by Gasteiger charge is -2.42. The molecule has 1 saturated heterocycles. The molecule has 0 aromatic carbocycles. The lowest BCUT2D eigenvalue weighted by Crippen LogP contribution is -2.46. The molecule has 3 aromatic rings. The van der Waals surface area contributed by atoms with Gasteiger partial charge in [-0.3, -0.25) is 14.7 Å². The van der Waals surface area contributed by atoms with Gasteiger partial charge >= 0.3 is 0 Å². The zero-order valence-corrected chi connectivity index (χ0v) is 17.5. The van der Waals surface area contributed by atoms with Gasteiger partial charge in [-0.25, -0.2) is 0 Å². The Morgan fingerprint density at radius 1 is 1.20 bits per heavy atom. The van der Waals surface area contributed by atoms with Crippen LogP contribution in [-0.4, -0.2) is 37.7 Å². The quantitative estimate of drug-likeness (QED) is 0.649. The van der Waals surface area contributed by atoms with Crippen LogP contribution in [0.15, 0.2) is 45.8 Å². The number of piperidine rings is 1. The van der Waals surface area contributed by atoms with Crippen molar-refractivity contribution in [2.45, 2.75) is 45.7 Å². The Morgan fingerprint density at radius 2 is 2.10 bits per heavy atom. The minimum absolute atomic E-state index is 0.0767. The molecular weight excluding hydrogens is 378 g/mol. The minimum Gasteiger partial charge on any atom is -0.339 e. The Bertz CT molecular complexity index is 1090. The van der Waals surface area contributed by atoms with Crippen LogP contribution in [0.5, 0.6) is 0 Å². The summed E-state index contributed by atoms with van der Waals surface area (Å²) in [5.41, 5.74) is 2.95. The summed E-state index contributed by atoms with van der Waals surface area (Å²) < 4.78 is 7.38. The Balaban J connectivity index is 1.38. The van der Waals surface area contributed by atoms with E-state index in [1.165, 1.54) is 0 Å². The maximum Gasteiger partial charge on any atom is 0.251 e. The molecule has 0 radical (unpaired) electrons. The van der Waals surface area contributed by atoms with Crippen LogP contribution < -0.4 is 5.56 Å². The fourth-order valence-electron chi connectivity index (χ4n) is 4.86. The lowest BCUT2D eigenvalue weighted by molar-refractivity contribution is 0.111. The molecule has 2 aliphatic heterocycles. The number of pyridine rings is 2. The van der Waals surface area contributed by atoms with Crippen LogP contribution in [0.25, 0.3) is 11.3 Å². The molecule has 0 aliphatic carbocycles. The number of fused-ring (bicyclic) bond motifs is 4. The fraction of sp³-hybridized carbons (Fsp3) is 0.478. The van der Waals surface area contributed by atoms with Crippen LogP contribution >= 0.6 is 0 Å². The monoisotopic (exact) mass is 405 g/mol. The van der Waals surface area contributed by atoms with Crippen molar-refractivity contribution in [3.05, 3.63) is 64.3 Å². The van der Waals surface area contributed by atoms with Gasteiger partial charge in [-0.2, -0.15) is 4.98 Å². The van der Waals surface area contributed by atoms with E-state index >= 15 is 0 Å². The van der Waals surface area contributed by atoms with Crippen molar-refractivity contribution in [2.24, 2.45) is 11.8 Å². The number of hydrogen-bond acceptors (Lipinski definition) is 6. The van der Waals surface area contributed by atoms with Gasteiger partial charge in [0.05, 0.1) is 12.2 Å². The van der Waals surface area contributed by atoms with E-state index in [4.69, 9.17) is 4.52 Å². The third-order valence-corrected chi connectivity index (χ3v) is 6.05. The van der Waals surface area contributed by atoms with Crippen LogP contribution in [0.1, 0.15) is 43.6 Å². The summed E-state index contributed by atoms with van der Waals surface area (Å²) in [5, 5.41) is 4.18. The van der Waals surface area contributed by atoms with Crippen molar-refractivity contribution in [3.8, 4) is 11.3 Å².